The van der Waals surface area contributed by atoms with E-state index < -0.39 is 0 Å². The smallest absolute Gasteiger partial charge is 0.0547 e. The van der Waals surface area contributed by atoms with Gasteiger partial charge in [-0.1, -0.05) is 127 Å². The standard InChI is InChI=1S/C39H28BrN/c1-39(2)34-16-7-6-14-30(34)32-15-9-17-36(38(32)39)41-35-21-19-27(25-10-4-3-5-11-25)23-33(35)31-20-18-28(24-37(31)41)26-12-8-13-29(40)22-26/h3-24H,1-2H3. The van der Waals surface area contributed by atoms with Crippen LogP contribution in [0.2, 0.25) is 0 Å². The first kappa shape index (κ1) is 24.4. The van der Waals surface area contributed by atoms with Crippen molar-refractivity contribution in [1.82, 2.24) is 4.57 Å². The minimum Gasteiger partial charge on any atom is -0.309 e. The molecule has 7 aromatic rings. The Morgan fingerprint density at radius 3 is 2.05 bits per heavy atom. The highest BCUT2D eigenvalue weighted by Crippen LogP contribution is 2.52. The Kier molecular flexibility index (Phi) is 5.39. The molecule has 1 aliphatic carbocycles. The fraction of sp³-hybridized carbons (Fsp3) is 0.0769. The van der Waals surface area contributed by atoms with Crippen LogP contribution in [0.4, 0.5) is 0 Å². The Morgan fingerprint density at radius 2 is 1.20 bits per heavy atom. The molecule has 1 heterocycles. The maximum atomic E-state index is 3.67. The van der Waals surface area contributed by atoms with Gasteiger partial charge in [-0.25, -0.2) is 0 Å². The number of halogens is 1. The molecule has 6 aromatic carbocycles. The van der Waals surface area contributed by atoms with Gasteiger partial charge in [-0.2, -0.15) is 0 Å². The van der Waals surface area contributed by atoms with Gasteiger partial charge in [-0.3, -0.25) is 0 Å². The molecule has 0 saturated heterocycles. The maximum Gasteiger partial charge on any atom is 0.0547 e. The van der Waals surface area contributed by atoms with Gasteiger partial charge in [-0.15, -0.1) is 0 Å². The van der Waals surface area contributed by atoms with Crippen LogP contribution in [0.1, 0.15) is 25.0 Å². The van der Waals surface area contributed by atoms with Crippen molar-refractivity contribution >= 4 is 37.7 Å². The molecule has 0 spiro atoms. The second-order valence-corrected chi connectivity index (χ2v) is 12.5. The molecule has 0 saturated carbocycles. The Morgan fingerprint density at radius 1 is 0.512 bits per heavy atom. The van der Waals surface area contributed by atoms with Gasteiger partial charge in [0.05, 0.1) is 16.7 Å². The summed E-state index contributed by atoms with van der Waals surface area (Å²) in [4.78, 5) is 0. The molecule has 1 aromatic heterocycles. The lowest BCUT2D eigenvalue weighted by molar-refractivity contribution is 0.656. The topological polar surface area (TPSA) is 4.93 Å². The second-order valence-electron chi connectivity index (χ2n) is 11.5. The lowest BCUT2D eigenvalue weighted by Gasteiger charge is -2.25. The molecule has 0 bridgehead atoms. The molecule has 0 atom stereocenters. The first-order valence-corrected chi connectivity index (χ1v) is 14.9. The third-order valence-corrected chi connectivity index (χ3v) is 9.32. The molecule has 0 fully saturated rings. The molecule has 41 heavy (non-hydrogen) atoms. The Bertz CT molecular complexity index is 2130. The summed E-state index contributed by atoms with van der Waals surface area (Å²) >= 11 is 3.67. The zero-order valence-electron chi connectivity index (χ0n) is 23.0. The highest BCUT2D eigenvalue weighted by atomic mass is 79.9. The molecule has 2 heteroatoms. The van der Waals surface area contributed by atoms with Gasteiger partial charge in [0.1, 0.15) is 0 Å². The Labute approximate surface area is 248 Å². The van der Waals surface area contributed by atoms with Crippen molar-refractivity contribution in [2.45, 2.75) is 19.3 Å². The van der Waals surface area contributed by atoms with E-state index in [9.17, 15) is 0 Å². The lowest BCUT2D eigenvalue weighted by Crippen LogP contribution is -2.18. The summed E-state index contributed by atoms with van der Waals surface area (Å²) in [6, 6.07) is 48.9. The van der Waals surface area contributed by atoms with Gasteiger partial charge in [0.15, 0.2) is 0 Å². The van der Waals surface area contributed by atoms with E-state index in [-0.39, 0.29) is 5.41 Å². The van der Waals surface area contributed by atoms with Crippen LogP contribution in [0, 0.1) is 0 Å². The molecular weight excluding hydrogens is 562 g/mol. The summed E-state index contributed by atoms with van der Waals surface area (Å²) < 4.78 is 3.59. The number of fused-ring (bicyclic) bond motifs is 6. The predicted molar refractivity (Wildman–Crippen MR) is 177 cm³/mol. The molecule has 0 radical (unpaired) electrons. The summed E-state index contributed by atoms with van der Waals surface area (Å²) in [6.45, 7) is 4.74. The van der Waals surface area contributed by atoms with Crippen molar-refractivity contribution in [1.29, 1.82) is 0 Å². The number of hydrogen-bond donors (Lipinski definition) is 0. The van der Waals surface area contributed by atoms with Crippen LogP contribution in [0.3, 0.4) is 0 Å². The monoisotopic (exact) mass is 589 g/mol. The molecule has 1 aliphatic rings. The van der Waals surface area contributed by atoms with Crippen molar-refractivity contribution < 1.29 is 0 Å². The summed E-state index contributed by atoms with van der Waals surface area (Å²) in [5.41, 5.74) is 13.9. The first-order valence-electron chi connectivity index (χ1n) is 14.1. The number of aromatic nitrogens is 1. The van der Waals surface area contributed by atoms with E-state index in [2.05, 4.69) is 168 Å². The van der Waals surface area contributed by atoms with Gasteiger partial charge in [-0.05, 0) is 80.9 Å². The largest absolute Gasteiger partial charge is 0.309 e. The van der Waals surface area contributed by atoms with Gasteiger partial charge >= 0.3 is 0 Å². The van der Waals surface area contributed by atoms with Crippen LogP contribution in [-0.4, -0.2) is 4.57 Å². The van der Waals surface area contributed by atoms with Gasteiger partial charge in [0, 0.05) is 20.7 Å². The van der Waals surface area contributed by atoms with Crippen molar-refractivity contribution in [3.05, 3.63) is 149 Å². The van der Waals surface area contributed by atoms with E-state index >= 15 is 0 Å². The number of benzene rings is 6. The summed E-state index contributed by atoms with van der Waals surface area (Å²) in [7, 11) is 0. The van der Waals surface area contributed by atoms with E-state index in [0.717, 1.165) is 4.47 Å². The van der Waals surface area contributed by atoms with E-state index in [0.29, 0.717) is 0 Å². The van der Waals surface area contributed by atoms with Gasteiger partial charge in [0.2, 0.25) is 0 Å². The van der Waals surface area contributed by atoms with Crippen LogP contribution < -0.4 is 0 Å². The third-order valence-electron chi connectivity index (χ3n) is 8.83. The van der Waals surface area contributed by atoms with Gasteiger partial charge in [0.25, 0.3) is 0 Å². The van der Waals surface area contributed by atoms with Crippen LogP contribution in [0.15, 0.2) is 138 Å². The quantitative estimate of drug-likeness (QED) is 0.193. The van der Waals surface area contributed by atoms with E-state index in [1.807, 2.05) is 0 Å². The fourth-order valence-corrected chi connectivity index (χ4v) is 7.34. The average Bonchev–Trinajstić information content (AvgIpc) is 3.46. The summed E-state index contributed by atoms with van der Waals surface area (Å²) in [5, 5.41) is 2.54. The molecule has 196 valence electrons. The van der Waals surface area contributed by atoms with Gasteiger partial charge < -0.3 is 4.57 Å². The predicted octanol–water partition coefficient (Wildman–Crippen LogP) is 11.2. The van der Waals surface area contributed by atoms with Crippen molar-refractivity contribution in [2.24, 2.45) is 0 Å². The Balaban J connectivity index is 1.46. The normalized spacial score (nSPS) is 13.4. The van der Waals surface area contributed by atoms with Crippen molar-refractivity contribution in [2.75, 3.05) is 0 Å². The zero-order valence-corrected chi connectivity index (χ0v) is 24.6. The summed E-state index contributed by atoms with van der Waals surface area (Å²) in [5.74, 6) is 0. The highest BCUT2D eigenvalue weighted by molar-refractivity contribution is 9.10. The number of rotatable bonds is 3. The number of nitrogens with zero attached hydrogens (tertiary/aromatic N) is 1. The lowest BCUT2D eigenvalue weighted by atomic mass is 9.81. The fourth-order valence-electron chi connectivity index (χ4n) is 6.94. The molecule has 8 rings (SSSR count). The minimum absolute atomic E-state index is 0.114. The molecule has 0 N–H and O–H groups in total. The van der Waals surface area contributed by atoms with Crippen molar-refractivity contribution in [3.8, 4) is 39.1 Å². The van der Waals surface area contributed by atoms with E-state index in [1.165, 1.54) is 72.0 Å². The maximum absolute atomic E-state index is 3.67. The highest BCUT2D eigenvalue weighted by Gasteiger charge is 2.38. The van der Waals surface area contributed by atoms with E-state index in [1.54, 1.807) is 0 Å². The molecule has 1 nitrogen and oxygen atoms in total. The molecule has 0 aliphatic heterocycles. The zero-order chi connectivity index (χ0) is 27.7. The van der Waals surface area contributed by atoms with Crippen LogP contribution in [-0.2, 0) is 5.41 Å². The SMILES string of the molecule is CC1(C)c2ccccc2-c2cccc(-n3c4ccc(-c5ccccc5)cc4c4ccc(-c5cccc(Br)c5)cc43)c21. The number of hydrogen-bond acceptors (Lipinski definition) is 0. The third kappa shape index (κ3) is 3.67. The van der Waals surface area contributed by atoms with Crippen molar-refractivity contribution in [3.63, 3.8) is 0 Å². The first-order chi connectivity index (χ1) is 20.0. The molecule has 0 unspecified atom stereocenters. The van der Waals surface area contributed by atoms with Crippen LogP contribution in [0.5, 0.6) is 0 Å². The molecular formula is C39H28BrN. The average molecular weight is 591 g/mol. The van der Waals surface area contributed by atoms with E-state index in [4.69, 9.17) is 0 Å². The molecule has 0 amide bonds. The minimum atomic E-state index is -0.114. The van der Waals surface area contributed by atoms with Crippen LogP contribution >= 0.6 is 15.9 Å². The summed E-state index contributed by atoms with van der Waals surface area (Å²) in [6.07, 6.45) is 0. The second kappa shape index (κ2) is 9.06. The van der Waals surface area contributed by atoms with Crippen LogP contribution in [0.25, 0.3) is 60.9 Å². The Hall–Kier alpha value is -4.40.